The number of rotatable bonds is 9. The van der Waals surface area contributed by atoms with Crippen LogP contribution in [0, 0.1) is 5.92 Å². The Kier molecular flexibility index (Phi) is 7.37. The van der Waals surface area contributed by atoms with E-state index in [1.807, 2.05) is 12.1 Å². The van der Waals surface area contributed by atoms with Crippen molar-refractivity contribution >= 4 is 0 Å². The Morgan fingerprint density at radius 2 is 2.17 bits per heavy atom. The van der Waals surface area contributed by atoms with E-state index in [9.17, 15) is 0 Å². The molecule has 0 aliphatic carbocycles. The van der Waals surface area contributed by atoms with E-state index in [-0.39, 0.29) is 0 Å². The van der Waals surface area contributed by atoms with Crippen molar-refractivity contribution in [3.63, 3.8) is 0 Å². The fourth-order valence-corrected chi connectivity index (χ4v) is 1.43. The smallest absolute Gasteiger partial charge is 0.122 e. The van der Waals surface area contributed by atoms with E-state index in [1.54, 1.807) is 6.20 Å². The Morgan fingerprint density at radius 3 is 2.89 bits per heavy atom. The zero-order valence-electron chi connectivity index (χ0n) is 11.6. The Labute approximate surface area is 110 Å². The van der Waals surface area contributed by atoms with Crippen LogP contribution >= 0.6 is 0 Å². The van der Waals surface area contributed by atoms with Gasteiger partial charge < -0.3 is 14.8 Å². The fraction of sp³-hybridized carbons (Fsp3) is 0.643. The molecule has 0 fully saturated rings. The molecule has 1 aromatic rings. The Bertz CT molecular complexity index is 329. The maximum atomic E-state index is 5.62. The summed E-state index contributed by atoms with van der Waals surface area (Å²) in [5.41, 5.74) is 0.998. The molecule has 0 saturated heterocycles. The van der Waals surface area contributed by atoms with Crippen LogP contribution in [0.4, 0.5) is 0 Å². The summed E-state index contributed by atoms with van der Waals surface area (Å²) >= 11 is 0. The number of aromatic nitrogens is 1. The molecule has 1 heterocycles. The second-order valence-corrected chi connectivity index (χ2v) is 4.58. The molecular weight excluding hydrogens is 228 g/mol. The highest BCUT2D eigenvalue weighted by atomic mass is 16.5. The van der Waals surface area contributed by atoms with Crippen molar-refractivity contribution in [2.75, 3.05) is 26.4 Å². The summed E-state index contributed by atoms with van der Waals surface area (Å²) in [6.07, 6.45) is 1.77. The molecule has 0 radical (unpaired) electrons. The van der Waals surface area contributed by atoms with E-state index < -0.39 is 0 Å². The summed E-state index contributed by atoms with van der Waals surface area (Å²) < 4.78 is 11.1. The molecule has 1 aromatic heterocycles. The average molecular weight is 252 g/mol. The van der Waals surface area contributed by atoms with Crippen LogP contribution in [-0.4, -0.2) is 31.3 Å². The first-order chi connectivity index (χ1) is 8.72. The van der Waals surface area contributed by atoms with Gasteiger partial charge in [0, 0.05) is 25.4 Å². The van der Waals surface area contributed by atoms with Gasteiger partial charge in [-0.1, -0.05) is 20.8 Å². The average Bonchev–Trinajstić information content (AvgIpc) is 2.36. The van der Waals surface area contributed by atoms with Crippen molar-refractivity contribution in [2.24, 2.45) is 5.92 Å². The second kappa shape index (κ2) is 8.89. The Hall–Kier alpha value is -1.13. The molecule has 0 unspecified atom stereocenters. The van der Waals surface area contributed by atoms with E-state index in [2.05, 4.69) is 31.1 Å². The molecular formula is C14H24N2O2. The van der Waals surface area contributed by atoms with Crippen LogP contribution in [0.3, 0.4) is 0 Å². The number of nitrogens with one attached hydrogen (secondary N) is 1. The van der Waals surface area contributed by atoms with E-state index >= 15 is 0 Å². The minimum atomic E-state index is 0.567. The molecule has 1 rings (SSSR count). The topological polar surface area (TPSA) is 43.4 Å². The number of pyridine rings is 1. The molecule has 0 amide bonds. The molecule has 0 bridgehead atoms. The first-order valence-corrected chi connectivity index (χ1v) is 6.58. The largest absolute Gasteiger partial charge is 0.491 e. The Balaban J connectivity index is 2.24. The van der Waals surface area contributed by atoms with Crippen molar-refractivity contribution in [1.29, 1.82) is 0 Å². The van der Waals surface area contributed by atoms with E-state index in [4.69, 9.17) is 9.47 Å². The number of hydrogen-bond acceptors (Lipinski definition) is 4. The standard InChI is InChI=1S/C14H24N2O2/c1-4-15-10-13-9-14(5-6-16-13)18-8-7-17-11-12(2)3/h5-6,9,12,15H,4,7-8,10-11H2,1-3H3. The predicted octanol–water partition coefficient (Wildman–Crippen LogP) is 2.24. The first kappa shape index (κ1) is 14.9. The van der Waals surface area contributed by atoms with Crippen LogP contribution in [0.1, 0.15) is 26.5 Å². The van der Waals surface area contributed by atoms with Gasteiger partial charge >= 0.3 is 0 Å². The molecule has 18 heavy (non-hydrogen) atoms. The number of hydrogen-bond donors (Lipinski definition) is 1. The molecule has 0 aliphatic rings. The number of ether oxygens (including phenoxy) is 2. The van der Waals surface area contributed by atoms with E-state index in [0.29, 0.717) is 19.1 Å². The molecule has 0 aromatic carbocycles. The third-order valence-corrected chi connectivity index (χ3v) is 2.29. The summed E-state index contributed by atoms with van der Waals surface area (Å²) in [5, 5.41) is 3.24. The fourth-order valence-electron chi connectivity index (χ4n) is 1.43. The lowest BCUT2D eigenvalue weighted by Gasteiger charge is -2.09. The van der Waals surface area contributed by atoms with Gasteiger partial charge in [-0.2, -0.15) is 0 Å². The van der Waals surface area contributed by atoms with E-state index in [1.165, 1.54) is 0 Å². The predicted molar refractivity (Wildman–Crippen MR) is 72.8 cm³/mol. The van der Waals surface area contributed by atoms with E-state index in [0.717, 1.165) is 31.1 Å². The summed E-state index contributed by atoms with van der Waals surface area (Å²) in [6.45, 7) is 10.1. The van der Waals surface area contributed by atoms with Crippen molar-refractivity contribution < 1.29 is 9.47 Å². The maximum absolute atomic E-state index is 5.62. The van der Waals surface area contributed by atoms with Crippen LogP contribution in [0.2, 0.25) is 0 Å². The quantitative estimate of drug-likeness (QED) is 0.685. The highest BCUT2D eigenvalue weighted by Crippen LogP contribution is 2.10. The third kappa shape index (κ3) is 6.57. The third-order valence-electron chi connectivity index (χ3n) is 2.29. The van der Waals surface area contributed by atoms with Crippen molar-refractivity contribution in [3.8, 4) is 5.75 Å². The zero-order valence-corrected chi connectivity index (χ0v) is 11.6. The minimum Gasteiger partial charge on any atom is -0.491 e. The lowest BCUT2D eigenvalue weighted by molar-refractivity contribution is 0.0818. The summed E-state index contributed by atoms with van der Waals surface area (Å²) in [6, 6.07) is 3.84. The normalized spacial score (nSPS) is 10.9. The lowest BCUT2D eigenvalue weighted by atomic mass is 10.2. The van der Waals surface area contributed by atoms with Gasteiger partial charge in [0.15, 0.2) is 0 Å². The van der Waals surface area contributed by atoms with Crippen LogP contribution in [-0.2, 0) is 11.3 Å². The van der Waals surface area contributed by atoms with Crippen LogP contribution in [0.15, 0.2) is 18.3 Å². The van der Waals surface area contributed by atoms with Gasteiger partial charge in [0.25, 0.3) is 0 Å². The molecule has 0 atom stereocenters. The lowest BCUT2D eigenvalue weighted by Crippen LogP contribution is -2.13. The zero-order chi connectivity index (χ0) is 13.2. The maximum Gasteiger partial charge on any atom is 0.122 e. The van der Waals surface area contributed by atoms with Gasteiger partial charge in [-0.25, -0.2) is 0 Å². The molecule has 4 heteroatoms. The van der Waals surface area contributed by atoms with Gasteiger partial charge in [-0.3, -0.25) is 4.98 Å². The highest BCUT2D eigenvalue weighted by Gasteiger charge is 1.99. The highest BCUT2D eigenvalue weighted by molar-refractivity contribution is 5.22. The van der Waals surface area contributed by atoms with Gasteiger partial charge in [-0.15, -0.1) is 0 Å². The number of nitrogens with zero attached hydrogens (tertiary/aromatic N) is 1. The summed E-state index contributed by atoms with van der Waals surface area (Å²) in [5.74, 6) is 1.42. The van der Waals surface area contributed by atoms with Crippen molar-refractivity contribution in [2.45, 2.75) is 27.3 Å². The van der Waals surface area contributed by atoms with Crippen molar-refractivity contribution in [3.05, 3.63) is 24.0 Å². The minimum absolute atomic E-state index is 0.567. The second-order valence-electron chi connectivity index (χ2n) is 4.58. The molecule has 0 saturated carbocycles. The van der Waals surface area contributed by atoms with Crippen LogP contribution in [0.25, 0.3) is 0 Å². The molecule has 102 valence electrons. The molecule has 4 nitrogen and oxygen atoms in total. The van der Waals surface area contributed by atoms with Gasteiger partial charge in [-0.05, 0) is 18.5 Å². The Morgan fingerprint density at radius 1 is 1.33 bits per heavy atom. The summed E-state index contributed by atoms with van der Waals surface area (Å²) in [4.78, 5) is 4.27. The summed E-state index contributed by atoms with van der Waals surface area (Å²) in [7, 11) is 0. The van der Waals surface area contributed by atoms with Crippen molar-refractivity contribution in [1.82, 2.24) is 10.3 Å². The first-order valence-electron chi connectivity index (χ1n) is 6.58. The molecule has 1 N–H and O–H groups in total. The van der Waals surface area contributed by atoms with Gasteiger partial charge in [0.2, 0.25) is 0 Å². The van der Waals surface area contributed by atoms with Gasteiger partial charge in [0.05, 0.1) is 12.3 Å². The molecule has 0 aliphatic heterocycles. The van der Waals surface area contributed by atoms with Crippen LogP contribution < -0.4 is 10.1 Å². The SMILES string of the molecule is CCNCc1cc(OCCOCC(C)C)ccn1. The molecule has 0 spiro atoms. The van der Waals surface area contributed by atoms with Crippen LogP contribution in [0.5, 0.6) is 5.75 Å². The monoisotopic (exact) mass is 252 g/mol. The van der Waals surface area contributed by atoms with Gasteiger partial charge in [0.1, 0.15) is 12.4 Å².